The maximum absolute atomic E-state index is 12.3. The van der Waals surface area contributed by atoms with Crippen LogP contribution in [0.15, 0.2) is 0 Å². The Bertz CT molecular complexity index is 406. The minimum Gasteiger partial charge on any atom is -0.304 e. The monoisotopic (exact) mass is 334 g/mol. The Hall–Kier alpha value is -0.210. The van der Waals surface area contributed by atoms with Crippen LogP contribution in [0.4, 0.5) is 0 Å². The summed E-state index contributed by atoms with van der Waals surface area (Å²) in [6.07, 6.45) is 1.89. The van der Waals surface area contributed by atoms with Gasteiger partial charge < -0.3 is 4.90 Å². The first-order valence-electron chi connectivity index (χ1n) is 8.41. The van der Waals surface area contributed by atoms with E-state index in [1.807, 2.05) is 0 Å². The zero-order chi connectivity index (χ0) is 16.8. The Labute approximate surface area is 137 Å². The summed E-state index contributed by atoms with van der Waals surface area (Å²) in [5.41, 5.74) is 0. The summed E-state index contributed by atoms with van der Waals surface area (Å²) in [6.45, 7) is 11.6. The maximum Gasteiger partial charge on any atom is 0.279 e. The van der Waals surface area contributed by atoms with Crippen molar-refractivity contribution in [2.75, 3.05) is 53.4 Å². The highest BCUT2D eigenvalue weighted by molar-refractivity contribution is 7.87. The van der Waals surface area contributed by atoms with Gasteiger partial charge >= 0.3 is 0 Å². The molecule has 0 aromatic heterocycles. The number of likely N-dealkylation sites (N-methyl/N-ethyl adjacent to an activating group) is 1. The van der Waals surface area contributed by atoms with Crippen LogP contribution in [-0.2, 0) is 10.2 Å². The topological polar surface area (TPSA) is 55.9 Å². The van der Waals surface area contributed by atoms with Crippen molar-refractivity contribution in [3.8, 4) is 0 Å². The van der Waals surface area contributed by atoms with Crippen LogP contribution in [-0.4, -0.2) is 81.9 Å². The fraction of sp³-hybridized carbons (Fsp3) is 1.00. The third kappa shape index (κ3) is 6.12. The van der Waals surface area contributed by atoms with E-state index in [4.69, 9.17) is 0 Å². The highest BCUT2D eigenvalue weighted by Gasteiger charge is 2.27. The molecule has 1 N–H and O–H groups in total. The van der Waals surface area contributed by atoms with Gasteiger partial charge in [0, 0.05) is 52.4 Å². The molecule has 0 bridgehead atoms. The van der Waals surface area contributed by atoms with Crippen molar-refractivity contribution < 1.29 is 8.42 Å². The van der Waals surface area contributed by atoms with E-state index >= 15 is 0 Å². The molecule has 0 aromatic carbocycles. The molecule has 0 unspecified atom stereocenters. The molecule has 1 heterocycles. The van der Waals surface area contributed by atoms with Gasteiger partial charge in [-0.15, -0.1) is 0 Å². The molecule has 7 heteroatoms. The molecule has 1 fully saturated rings. The lowest BCUT2D eigenvalue weighted by molar-refractivity contribution is 0.0903. The van der Waals surface area contributed by atoms with E-state index in [1.165, 1.54) is 4.31 Å². The van der Waals surface area contributed by atoms with Crippen molar-refractivity contribution in [3.63, 3.8) is 0 Å². The lowest BCUT2D eigenvalue weighted by Crippen LogP contribution is -2.55. The van der Waals surface area contributed by atoms with E-state index in [-0.39, 0.29) is 6.04 Å². The zero-order valence-electron chi connectivity index (χ0n) is 14.9. The van der Waals surface area contributed by atoms with Gasteiger partial charge in [-0.05, 0) is 19.4 Å². The van der Waals surface area contributed by atoms with E-state index in [2.05, 4.69) is 42.3 Å². The van der Waals surface area contributed by atoms with E-state index < -0.39 is 10.2 Å². The third-order valence-corrected chi connectivity index (χ3v) is 6.02. The molecule has 0 saturated carbocycles. The van der Waals surface area contributed by atoms with Crippen molar-refractivity contribution in [3.05, 3.63) is 0 Å². The van der Waals surface area contributed by atoms with Gasteiger partial charge in [0.1, 0.15) is 0 Å². The van der Waals surface area contributed by atoms with Crippen LogP contribution in [0.3, 0.4) is 0 Å². The molecule has 0 aliphatic carbocycles. The highest BCUT2D eigenvalue weighted by Crippen LogP contribution is 2.13. The second kappa shape index (κ2) is 9.17. The van der Waals surface area contributed by atoms with Crippen LogP contribution < -0.4 is 4.72 Å². The van der Waals surface area contributed by atoms with E-state index in [1.54, 1.807) is 7.05 Å². The predicted molar refractivity (Wildman–Crippen MR) is 92.2 cm³/mol. The van der Waals surface area contributed by atoms with Gasteiger partial charge in [0.2, 0.25) is 0 Å². The first kappa shape index (κ1) is 19.8. The molecule has 1 rings (SSSR count). The summed E-state index contributed by atoms with van der Waals surface area (Å²) < 4.78 is 28.8. The summed E-state index contributed by atoms with van der Waals surface area (Å²) in [6, 6.07) is 0.253. The summed E-state index contributed by atoms with van der Waals surface area (Å²) in [5, 5.41) is 0. The van der Waals surface area contributed by atoms with Crippen molar-refractivity contribution in [2.24, 2.45) is 5.92 Å². The predicted octanol–water partition coefficient (Wildman–Crippen LogP) is 0.825. The van der Waals surface area contributed by atoms with Crippen LogP contribution in [0.5, 0.6) is 0 Å². The number of rotatable bonds is 9. The van der Waals surface area contributed by atoms with Crippen molar-refractivity contribution in [1.82, 2.24) is 18.8 Å². The van der Waals surface area contributed by atoms with Crippen molar-refractivity contribution >= 4 is 10.2 Å². The average molecular weight is 335 g/mol. The molecule has 132 valence electrons. The fourth-order valence-electron chi connectivity index (χ4n) is 2.74. The highest BCUT2D eigenvalue weighted by atomic mass is 32.2. The minimum absolute atomic E-state index is 0.253. The molecular weight excluding hydrogens is 300 g/mol. The Kier molecular flexibility index (Phi) is 8.27. The largest absolute Gasteiger partial charge is 0.304 e. The van der Waals surface area contributed by atoms with Crippen LogP contribution in [0.25, 0.3) is 0 Å². The van der Waals surface area contributed by atoms with Crippen molar-refractivity contribution in [1.29, 1.82) is 0 Å². The molecule has 1 aliphatic rings. The summed E-state index contributed by atoms with van der Waals surface area (Å²) in [7, 11) is 0.419. The van der Waals surface area contributed by atoms with Gasteiger partial charge in [-0.1, -0.05) is 27.2 Å². The summed E-state index contributed by atoms with van der Waals surface area (Å²) in [4.78, 5) is 4.73. The standard InChI is InChI=1S/C15H34N4O2S/c1-6-7-8-18(5)22(20,21)16-13-15(14(2)3)19-11-9-17(4)10-12-19/h14-16H,6-13H2,1-5H3/t15-/m1/s1. The Morgan fingerprint density at radius 1 is 1.18 bits per heavy atom. The van der Waals surface area contributed by atoms with Crippen LogP contribution in [0.2, 0.25) is 0 Å². The van der Waals surface area contributed by atoms with Gasteiger partial charge in [0.15, 0.2) is 0 Å². The van der Waals surface area contributed by atoms with Crippen LogP contribution in [0.1, 0.15) is 33.6 Å². The Balaban J connectivity index is 2.57. The van der Waals surface area contributed by atoms with Crippen LogP contribution in [0, 0.1) is 5.92 Å². The quantitative estimate of drug-likeness (QED) is 0.678. The molecule has 0 aromatic rings. The second-order valence-corrected chi connectivity index (χ2v) is 8.54. The number of nitrogens with one attached hydrogen (secondary N) is 1. The number of piperazine rings is 1. The fourth-order valence-corrected chi connectivity index (χ4v) is 3.71. The number of hydrogen-bond donors (Lipinski definition) is 1. The average Bonchev–Trinajstić information content (AvgIpc) is 2.46. The molecule has 1 atom stereocenters. The first-order chi connectivity index (χ1) is 10.3. The van der Waals surface area contributed by atoms with Gasteiger partial charge in [-0.2, -0.15) is 12.7 Å². The van der Waals surface area contributed by atoms with Crippen molar-refractivity contribution in [2.45, 2.75) is 39.7 Å². The maximum atomic E-state index is 12.3. The molecule has 0 spiro atoms. The Morgan fingerprint density at radius 2 is 1.77 bits per heavy atom. The molecule has 0 radical (unpaired) electrons. The normalized spacial score (nSPS) is 20.0. The smallest absolute Gasteiger partial charge is 0.279 e. The summed E-state index contributed by atoms with van der Waals surface area (Å²) in [5.74, 6) is 0.423. The lowest BCUT2D eigenvalue weighted by atomic mass is 10.0. The van der Waals surface area contributed by atoms with E-state index in [0.29, 0.717) is 19.0 Å². The minimum atomic E-state index is -3.36. The third-order valence-electron chi connectivity index (χ3n) is 4.49. The molecule has 1 saturated heterocycles. The zero-order valence-corrected chi connectivity index (χ0v) is 15.7. The molecule has 6 nitrogen and oxygen atoms in total. The van der Waals surface area contributed by atoms with E-state index in [9.17, 15) is 8.42 Å². The van der Waals surface area contributed by atoms with Gasteiger partial charge in [-0.3, -0.25) is 4.90 Å². The molecular formula is C15H34N4O2S. The summed E-state index contributed by atoms with van der Waals surface area (Å²) >= 11 is 0. The molecule has 0 amide bonds. The van der Waals surface area contributed by atoms with Gasteiger partial charge in [0.05, 0.1) is 0 Å². The second-order valence-electron chi connectivity index (χ2n) is 6.68. The number of hydrogen-bond acceptors (Lipinski definition) is 4. The van der Waals surface area contributed by atoms with Gasteiger partial charge in [-0.25, -0.2) is 4.72 Å². The first-order valence-corrected chi connectivity index (χ1v) is 9.85. The SMILES string of the molecule is CCCCN(C)S(=O)(=O)NC[C@H](C(C)C)N1CCN(C)CC1. The Morgan fingerprint density at radius 3 is 2.27 bits per heavy atom. The molecule has 1 aliphatic heterocycles. The lowest BCUT2D eigenvalue weighted by Gasteiger charge is -2.40. The molecule has 22 heavy (non-hydrogen) atoms. The number of unbranched alkanes of at least 4 members (excludes halogenated alkanes) is 1. The van der Waals surface area contributed by atoms with E-state index in [0.717, 1.165) is 39.0 Å². The number of nitrogens with zero attached hydrogens (tertiary/aromatic N) is 3. The van der Waals surface area contributed by atoms with Gasteiger partial charge in [0.25, 0.3) is 10.2 Å². The van der Waals surface area contributed by atoms with Crippen LogP contribution >= 0.6 is 0 Å².